The predicted molar refractivity (Wildman–Crippen MR) is 84.9 cm³/mol. The first kappa shape index (κ1) is 17.0. The van der Waals surface area contributed by atoms with Crippen LogP contribution in [-0.4, -0.2) is 33.3 Å². The molecule has 0 aromatic heterocycles. The van der Waals surface area contributed by atoms with Crippen LogP contribution >= 0.6 is 0 Å². The molecule has 0 unspecified atom stereocenters. The molecule has 0 aliphatic heterocycles. The molecule has 0 radical (unpaired) electrons. The maximum atomic E-state index is 11.8. The second kappa shape index (κ2) is 7.64. The van der Waals surface area contributed by atoms with Crippen LogP contribution in [0.1, 0.15) is 33.6 Å². The largest absolute Gasteiger partial charge is 0.367 e. The molecule has 1 aromatic rings. The van der Waals surface area contributed by atoms with Gasteiger partial charge >= 0.3 is 0 Å². The summed E-state index contributed by atoms with van der Waals surface area (Å²) in [6.07, 6.45) is 2.09. The number of anilines is 1. The van der Waals surface area contributed by atoms with Gasteiger partial charge in [0, 0.05) is 24.8 Å². The maximum Gasteiger partial charge on any atom is 0.178 e. The van der Waals surface area contributed by atoms with Crippen LogP contribution in [0.4, 0.5) is 5.69 Å². The van der Waals surface area contributed by atoms with Crippen molar-refractivity contribution < 1.29 is 8.42 Å². The monoisotopic (exact) mass is 298 g/mol. The summed E-state index contributed by atoms with van der Waals surface area (Å²) in [4.78, 5) is 2.66. The van der Waals surface area contributed by atoms with Gasteiger partial charge in [-0.1, -0.05) is 20.8 Å². The Kier molecular flexibility index (Phi) is 6.49. The number of hydrogen-bond donors (Lipinski definition) is 1. The summed E-state index contributed by atoms with van der Waals surface area (Å²) in [5, 5.41) is 0. The van der Waals surface area contributed by atoms with Crippen molar-refractivity contribution in [1.29, 1.82) is 0 Å². The molecule has 114 valence electrons. The number of nitrogens with two attached hydrogens (primary N) is 1. The molecule has 2 N–H and O–H groups in total. The molecular formula is C15H26N2O2S. The zero-order chi connectivity index (χ0) is 15.2. The molecule has 1 rings (SSSR count). The first-order valence-corrected chi connectivity index (χ1v) is 8.94. The lowest BCUT2D eigenvalue weighted by molar-refractivity contribution is 0.559. The summed E-state index contributed by atoms with van der Waals surface area (Å²) in [5.74, 6) is 0.130. The molecular weight excluding hydrogens is 272 g/mol. The average Bonchev–Trinajstić information content (AvgIpc) is 2.47. The van der Waals surface area contributed by atoms with Crippen LogP contribution in [-0.2, 0) is 9.84 Å². The summed E-state index contributed by atoms with van der Waals surface area (Å²) in [6.45, 7) is 7.35. The summed E-state index contributed by atoms with van der Waals surface area (Å²) in [6, 6.07) is 7.60. The number of benzene rings is 1. The molecule has 0 atom stereocenters. The van der Waals surface area contributed by atoms with E-state index in [1.54, 1.807) is 19.1 Å². The highest BCUT2D eigenvalue weighted by atomic mass is 32.2. The smallest absolute Gasteiger partial charge is 0.178 e. The Hall–Kier alpha value is -1.07. The average molecular weight is 298 g/mol. The van der Waals surface area contributed by atoms with Gasteiger partial charge in [-0.25, -0.2) is 8.42 Å². The van der Waals surface area contributed by atoms with Crippen molar-refractivity contribution in [3.05, 3.63) is 24.3 Å². The Morgan fingerprint density at radius 1 is 1.10 bits per heavy atom. The van der Waals surface area contributed by atoms with Gasteiger partial charge in [-0.15, -0.1) is 0 Å². The lowest BCUT2D eigenvalue weighted by Crippen LogP contribution is -2.38. The highest BCUT2D eigenvalue weighted by Gasteiger charge is 2.16. The van der Waals surface area contributed by atoms with E-state index in [1.807, 2.05) is 12.1 Å². The number of rotatable bonds is 8. The molecule has 1 aromatic carbocycles. The standard InChI is InChI=1S/C15H26N2O2S/c1-4-13(5-2)17(12-11-16)14-7-9-15(10-8-14)20(18,19)6-3/h7-10,13H,4-6,11-12,16H2,1-3H3. The minimum absolute atomic E-state index is 0.130. The normalized spacial score (nSPS) is 11.8. The van der Waals surface area contributed by atoms with Gasteiger partial charge in [0.25, 0.3) is 0 Å². The third kappa shape index (κ3) is 3.96. The summed E-state index contributed by atoms with van der Waals surface area (Å²) in [5.41, 5.74) is 6.74. The second-order valence-corrected chi connectivity index (χ2v) is 7.13. The fourth-order valence-electron chi connectivity index (χ4n) is 2.40. The van der Waals surface area contributed by atoms with Crippen molar-refractivity contribution >= 4 is 15.5 Å². The molecule has 0 spiro atoms. The molecule has 0 aliphatic rings. The number of nitrogens with zero attached hydrogens (tertiary/aromatic N) is 1. The summed E-state index contributed by atoms with van der Waals surface area (Å²) >= 11 is 0. The van der Waals surface area contributed by atoms with E-state index >= 15 is 0 Å². The second-order valence-electron chi connectivity index (χ2n) is 4.85. The topological polar surface area (TPSA) is 63.4 Å². The highest BCUT2D eigenvalue weighted by Crippen LogP contribution is 2.22. The van der Waals surface area contributed by atoms with Crippen LogP contribution in [0.2, 0.25) is 0 Å². The van der Waals surface area contributed by atoms with Gasteiger partial charge in [0.05, 0.1) is 10.6 Å². The molecule has 0 bridgehead atoms. The first-order valence-electron chi connectivity index (χ1n) is 7.29. The molecule has 4 nitrogen and oxygen atoms in total. The lowest BCUT2D eigenvalue weighted by atomic mass is 10.1. The van der Waals surface area contributed by atoms with Crippen molar-refractivity contribution in [2.24, 2.45) is 5.73 Å². The molecule has 0 saturated heterocycles. The Bertz CT molecular complexity index is 493. The van der Waals surface area contributed by atoms with E-state index in [4.69, 9.17) is 5.73 Å². The minimum atomic E-state index is -3.13. The van der Waals surface area contributed by atoms with Gasteiger partial charge in [0.1, 0.15) is 0 Å². The SMILES string of the molecule is CCC(CC)N(CCN)c1ccc(S(=O)(=O)CC)cc1. The summed E-state index contributed by atoms with van der Waals surface area (Å²) < 4.78 is 23.6. The Morgan fingerprint density at radius 3 is 2.05 bits per heavy atom. The summed E-state index contributed by atoms with van der Waals surface area (Å²) in [7, 11) is -3.13. The van der Waals surface area contributed by atoms with Crippen molar-refractivity contribution in [2.75, 3.05) is 23.7 Å². The lowest BCUT2D eigenvalue weighted by Gasteiger charge is -2.32. The van der Waals surface area contributed by atoms with Gasteiger partial charge in [-0.3, -0.25) is 0 Å². The van der Waals surface area contributed by atoms with Crippen LogP contribution < -0.4 is 10.6 Å². The van der Waals surface area contributed by atoms with Crippen molar-refractivity contribution in [3.8, 4) is 0 Å². The Morgan fingerprint density at radius 2 is 1.65 bits per heavy atom. The van der Waals surface area contributed by atoms with E-state index in [0.29, 0.717) is 17.5 Å². The van der Waals surface area contributed by atoms with Crippen LogP contribution in [0.3, 0.4) is 0 Å². The van der Waals surface area contributed by atoms with Gasteiger partial charge in [0.2, 0.25) is 0 Å². The first-order chi connectivity index (χ1) is 9.50. The quantitative estimate of drug-likeness (QED) is 0.800. The van der Waals surface area contributed by atoms with Crippen LogP contribution in [0.5, 0.6) is 0 Å². The zero-order valence-corrected chi connectivity index (χ0v) is 13.5. The highest BCUT2D eigenvalue weighted by molar-refractivity contribution is 7.91. The zero-order valence-electron chi connectivity index (χ0n) is 12.7. The third-order valence-electron chi connectivity index (χ3n) is 3.66. The minimum Gasteiger partial charge on any atom is -0.367 e. The van der Waals surface area contributed by atoms with Gasteiger partial charge in [0.15, 0.2) is 9.84 Å². The van der Waals surface area contributed by atoms with Gasteiger partial charge in [-0.05, 0) is 37.1 Å². The van der Waals surface area contributed by atoms with Crippen LogP contribution in [0.25, 0.3) is 0 Å². The van der Waals surface area contributed by atoms with E-state index in [0.717, 1.165) is 25.1 Å². The van der Waals surface area contributed by atoms with Crippen LogP contribution in [0.15, 0.2) is 29.2 Å². The van der Waals surface area contributed by atoms with Crippen molar-refractivity contribution in [3.63, 3.8) is 0 Å². The Labute approximate surface area is 122 Å². The molecule has 0 saturated carbocycles. The molecule has 0 aliphatic carbocycles. The fraction of sp³-hybridized carbons (Fsp3) is 0.600. The van der Waals surface area contributed by atoms with Crippen molar-refractivity contribution in [2.45, 2.75) is 44.6 Å². The number of sulfone groups is 1. The Balaban J connectivity index is 3.05. The van der Waals surface area contributed by atoms with Crippen molar-refractivity contribution in [1.82, 2.24) is 0 Å². The molecule has 0 amide bonds. The molecule has 5 heteroatoms. The van der Waals surface area contributed by atoms with E-state index in [2.05, 4.69) is 18.7 Å². The predicted octanol–water partition coefficient (Wildman–Crippen LogP) is 2.43. The van der Waals surface area contributed by atoms with Crippen LogP contribution in [0, 0.1) is 0 Å². The molecule has 20 heavy (non-hydrogen) atoms. The van der Waals surface area contributed by atoms with E-state index < -0.39 is 9.84 Å². The van der Waals surface area contributed by atoms with E-state index in [-0.39, 0.29) is 5.75 Å². The molecule has 0 heterocycles. The fourth-order valence-corrected chi connectivity index (χ4v) is 3.29. The maximum absolute atomic E-state index is 11.8. The molecule has 0 fully saturated rings. The van der Waals surface area contributed by atoms with E-state index in [9.17, 15) is 8.42 Å². The van der Waals surface area contributed by atoms with E-state index in [1.165, 1.54) is 0 Å². The van der Waals surface area contributed by atoms with Gasteiger partial charge in [-0.2, -0.15) is 0 Å². The third-order valence-corrected chi connectivity index (χ3v) is 5.41. The van der Waals surface area contributed by atoms with Gasteiger partial charge < -0.3 is 10.6 Å². The number of hydrogen-bond acceptors (Lipinski definition) is 4.